The number of pyridine rings is 1. The zero-order chi connectivity index (χ0) is 19.6. The molecule has 4 aromatic rings. The van der Waals surface area contributed by atoms with Gasteiger partial charge in [0.05, 0.1) is 31.6 Å². The van der Waals surface area contributed by atoms with Crippen LogP contribution in [0.25, 0.3) is 16.9 Å². The van der Waals surface area contributed by atoms with Gasteiger partial charge in [0.2, 0.25) is 5.95 Å². The van der Waals surface area contributed by atoms with Crippen molar-refractivity contribution in [1.82, 2.24) is 39.2 Å². The van der Waals surface area contributed by atoms with Crippen molar-refractivity contribution >= 4 is 17.4 Å². The van der Waals surface area contributed by atoms with Crippen LogP contribution in [0, 0.1) is 0 Å². The van der Waals surface area contributed by atoms with Gasteiger partial charge in [0.25, 0.3) is 0 Å². The number of hydrogen-bond donors (Lipinski definition) is 1. The van der Waals surface area contributed by atoms with E-state index in [1.807, 2.05) is 41.9 Å². The molecular formula is C19H21N9O. The Labute approximate surface area is 167 Å². The summed E-state index contributed by atoms with van der Waals surface area (Å²) in [4.78, 5) is 11.3. The van der Waals surface area contributed by atoms with Crippen LogP contribution in [0.1, 0.15) is 5.82 Å². The predicted molar refractivity (Wildman–Crippen MR) is 107 cm³/mol. The third-order valence-electron chi connectivity index (χ3n) is 4.96. The summed E-state index contributed by atoms with van der Waals surface area (Å²) in [5, 5.41) is 16.0. The summed E-state index contributed by atoms with van der Waals surface area (Å²) in [7, 11) is 1.86. The summed E-state index contributed by atoms with van der Waals surface area (Å²) in [6, 6.07) is 7.76. The molecular weight excluding hydrogens is 370 g/mol. The first-order valence-corrected chi connectivity index (χ1v) is 9.48. The maximum atomic E-state index is 5.41. The molecule has 10 nitrogen and oxygen atoms in total. The van der Waals surface area contributed by atoms with Crippen LogP contribution in [0.3, 0.4) is 0 Å². The molecule has 0 amide bonds. The highest BCUT2D eigenvalue weighted by molar-refractivity contribution is 5.65. The molecule has 0 radical (unpaired) electrons. The Morgan fingerprint density at radius 2 is 2.00 bits per heavy atom. The van der Waals surface area contributed by atoms with E-state index in [1.54, 1.807) is 17.1 Å². The molecule has 0 aliphatic carbocycles. The maximum absolute atomic E-state index is 5.41. The lowest BCUT2D eigenvalue weighted by atomic mass is 10.2. The molecule has 0 atom stereocenters. The molecule has 0 bridgehead atoms. The number of morpholine rings is 1. The van der Waals surface area contributed by atoms with Gasteiger partial charge >= 0.3 is 0 Å². The van der Waals surface area contributed by atoms with Crippen molar-refractivity contribution in [2.75, 3.05) is 31.6 Å². The van der Waals surface area contributed by atoms with Gasteiger partial charge < -0.3 is 10.1 Å². The molecule has 1 saturated heterocycles. The van der Waals surface area contributed by atoms with Crippen molar-refractivity contribution < 1.29 is 4.74 Å². The largest absolute Gasteiger partial charge is 0.379 e. The quantitative estimate of drug-likeness (QED) is 0.546. The summed E-state index contributed by atoms with van der Waals surface area (Å²) in [5.74, 6) is 2.26. The number of anilines is 2. The Bertz CT molecular complexity index is 1130. The summed E-state index contributed by atoms with van der Waals surface area (Å²) >= 11 is 0. The molecule has 29 heavy (non-hydrogen) atoms. The van der Waals surface area contributed by atoms with E-state index in [1.165, 1.54) is 0 Å². The lowest BCUT2D eigenvalue weighted by Crippen LogP contribution is -2.36. The zero-order valence-corrected chi connectivity index (χ0v) is 16.1. The molecule has 5 rings (SSSR count). The third-order valence-corrected chi connectivity index (χ3v) is 4.96. The molecule has 0 aromatic carbocycles. The number of rotatable bonds is 5. The van der Waals surface area contributed by atoms with E-state index in [0.29, 0.717) is 5.95 Å². The zero-order valence-electron chi connectivity index (χ0n) is 16.1. The van der Waals surface area contributed by atoms with Crippen molar-refractivity contribution in [3.8, 4) is 11.3 Å². The van der Waals surface area contributed by atoms with Gasteiger partial charge in [0.15, 0.2) is 11.5 Å². The molecule has 4 aromatic heterocycles. The minimum absolute atomic E-state index is 0.514. The van der Waals surface area contributed by atoms with Crippen LogP contribution in [-0.4, -0.2) is 65.5 Å². The van der Waals surface area contributed by atoms with E-state index in [4.69, 9.17) is 4.74 Å². The van der Waals surface area contributed by atoms with Crippen molar-refractivity contribution in [2.45, 2.75) is 6.54 Å². The highest BCUT2D eigenvalue weighted by atomic mass is 16.5. The Hall–Kier alpha value is -3.37. The maximum Gasteiger partial charge on any atom is 0.228 e. The Balaban J connectivity index is 1.39. The van der Waals surface area contributed by atoms with Crippen LogP contribution in [0.2, 0.25) is 0 Å². The summed E-state index contributed by atoms with van der Waals surface area (Å²) in [6.45, 7) is 4.13. The first-order valence-electron chi connectivity index (χ1n) is 9.48. The molecule has 148 valence electrons. The molecule has 1 fully saturated rings. The molecule has 0 unspecified atom stereocenters. The van der Waals surface area contributed by atoms with E-state index in [2.05, 4.69) is 35.5 Å². The highest BCUT2D eigenvalue weighted by Crippen LogP contribution is 2.21. The predicted octanol–water partition coefficient (Wildman–Crippen LogP) is 1.50. The minimum Gasteiger partial charge on any atom is -0.379 e. The van der Waals surface area contributed by atoms with E-state index in [-0.39, 0.29) is 0 Å². The summed E-state index contributed by atoms with van der Waals surface area (Å²) in [5.41, 5.74) is 2.56. The normalized spacial score (nSPS) is 15.1. The lowest BCUT2D eigenvalue weighted by Gasteiger charge is -2.25. The molecule has 1 aliphatic heterocycles. The molecule has 1 N–H and O–H groups in total. The number of nitrogens with zero attached hydrogens (tertiary/aromatic N) is 8. The van der Waals surface area contributed by atoms with Crippen LogP contribution < -0.4 is 5.32 Å². The van der Waals surface area contributed by atoms with Gasteiger partial charge in [0, 0.05) is 44.2 Å². The first-order chi connectivity index (χ1) is 14.3. The van der Waals surface area contributed by atoms with Gasteiger partial charge in [-0.15, -0.1) is 10.2 Å². The molecule has 1 aliphatic rings. The second-order valence-corrected chi connectivity index (χ2v) is 6.88. The van der Waals surface area contributed by atoms with Gasteiger partial charge in [-0.05, 0) is 18.2 Å². The Kier molecular flexibility index (Phi) is 4.62. The van der Waals surface area contributed by atoms with E-state index < -0.39 is 0 Å². The standard InChI is InChI=1S/C19H21N9O/c1-26-16(3-6-21-26)23-19-20-5-2-15(22-19)14-4-7-28-17(12-14)24-25-18(28)13-27-8-10-29-11-9-27/h2-7,12H,8-11,13H2,1H3,(H,20,22,23). The van der Waals surface area contributed by atoms with Crippen LogP contribution in [0.4, 0.5) is 11.8 Å². The van der Waals surface area contributed by atoms with Gasteiger partial charge in [0.1, 0.15) is 5.82 Å². The minimum atomic E-state index is 0.514. The number of aryl methyl sites for hydroxylation is 1. The van der Waals surface area contributed by atoms with Crippen LogP contribution >= 0.6 is 0 Å². The molecule has 0 spiro atoms. The van der Waals surface area contributed by atoms with Crippen LogP contribution in [0.15, 0.2) is 42.9 Å². The first kappa shape index (κ1) is 17.7. The van der Waals surface area contributed by atoms with Gasteiger partial charge in [-0.3, -0.25) is 14.0 Å². The average molecular weight is 391 g/mol. The van der Waals surface area contributed by atoms with Crippen molar-refractivity contribution in [2.24, 2.45) is 7.05 Å². The smallest absolute Gasteiger partial charge is 0.228 e. The second-order valence-electron chi connectivity index (χ2n) is 6.88. The van der Waals surface area contributed by atoms with E-state index >= 15 is 0 Å². The average Bonchev–Trinajstić information content (AvgIpc) is 3.35. The van der Waals surface area contributed by atoms with Crippen molar-refractivity contribution in [3.63, 3.8) is 0 Å². The van der Waals surface area contributed by atoms with Crippen molar-refractivity contribution in [3.05, 3.63) is 48.7 Å². The molecule has 0 saturated carbocycles. The van der Waals surface area contributed by atoms with Crippen LogP contribution in [-0.2, 0) is 18.3 Å². The third kappa shape index (κ3) is 3.67. The number of nitrogens with one attached hydrogen (secondary N) is 1. The van der Waals surface area contributed by atoms with Gasteiger partial charge in [-0.25, -0.2) is 9.97 Å². The molecule has 5 heterocycles. The van der Waals surface area contributed by atoms with E-state index in [0.717, 1.165) is 61.4 Å². The SMILES string of the molecule is Cn1nccc1Nc1nccc(-c2ccn3c(CN4CCOCC4)nnc3c2)n1. The van der Waals surface area contributed by atoms with Gasteiger partial charge in [-0.1, -0.05) is 0 Å². The fraction of sp³-hybridized carbons (Fsp3) is 0.316. The number of aromatic nitrogens is 7. The Morgan fingerprint density at radius 1 is 1.10 bits per heavy atom. The fourth-order valence-corrected chi connectivity index (χ4v) is 3.36. The Morgan fingerprint density at radius 3 is 2.83 bits per heavy atom. The second kappa shape index (κ2) is 7.57. The monoisotopic (exact) mass is 391 g/mol. The number of fused-ring (bicyclic) bond motifs is 1. The summed E-state index contributed by atoms with van der Waals surface area (Å²) < 4.78 is 9.17. The lowest BCUT2D eigenvalue weighted by molar-refractivity contribution is 0.0329. The summed E-state index contributed by atoms with van der Waals surface area (Å²) in [6.07, 6.45) is 5.45. The number of ether oxygens (including phenoxy) is 1. The topological polar surface area (TPSA) is 98.3 Å². The molecule has 10 heteroatoms. The number of hydrogen-bond acceptors (Lipinski definition) is 8. The van der Waals surface area contributed by atoms with Gasteiger partial charge in [-0.2, -0.15) is 5.10 Å². The van der Waals surface area contributed by atoms with E-state index in [9.17, 15) is 0 Å². The van der Waals surface area contributed by atoms with Crippen molar-refractivity contribution in [1.29, 1.82) is 0 Å². The van der Waals surface area contributed by atoms with Crippen LogP contribution in [0.5, 0.6) is 0 Å². The fourth-order valence-electron chi connectivity index (χ4n) is 3.36. The highest BCUT2D eigenvalue weighted by Gasteiger charge is 2.15.